The Kier molecular flexibility index (Phi) is 6.11. The maximum atomic E-state index is 13.6. The van der Waals surface area contributed by atoms with E-state index in [0.29, 0.717) is 19.3 Å². The molecule has 0 aliphatic heterocycles. The third-order valence-electron chi connectivity index (χ3n) is 4.62. The molecule has 5 N–H and O–H groups in total. The molecule has 2 rings (SSSR count). The van der Waals surface area contributed by atoms with Gasteiger partial charge in [-0.15, -0.1) is 11.3 Å². The summed E-state index contributed by atoms with van der Waals surface area (Å²) in [6, 6.07) is 3.28. The second-order valence-corrected chi connectivity index (χ2v) is 7.50. The van der Waals surface area contributed by atoms with E-state index < -0.39 is 35.8 Å². The fourth-order valence-corrected chi connectivity index (χ4v) is 4.10. The number of nitrogens with two attached hydrogens (primary N) is 2. The molecule has 4 nitrogen and oxygen atoms in total. The first-order valence-electron chi connectivity index (χ1n) is 7.91. The maximum absolute atomic E-state index is 13.6. The van der Waals surface area contributed by atoms with Crippen LogP contribution in [0.3, 0.4) is 0 Å². The highest BCUT2D eigenvalue weighted by Crippen LogP contribution is 2.41. The highest BCUT2D eigenvalue weighted by molar-refractivity contribution is 7.09. The summed E-state index contributed by atoms with van der Waals surface area (Å²) in [5.74, 6) is -4.62. The van der Waals surface area contributed by atoms with E-state index in [0.717, 1.165) is 4.88 Å². The second-order valence-electron chi connectivity index (χ2n) is 6.47. The van der Waals surface area contributed by atoms with E-state index in [1.54, 1.807) is 0 Å². The fourth-order valence-electron chi connectivity index (χ4n) is 3.33. The molecule has 130 valence electrons. The highest BCUT2D eigenvalue weighted by atomic mass is 32.1. The minimum atomic E-state index is -2.75. The first-order chi connectivity index (χ1) is 10.8. The second kappa shape index (κ2) is 7.68. The molecule has 1 heterocycles. The van der Waals surface area contributed by atoms with Crippen LogP contribution >= 0.6 is 11.3 Å². The van der Waals surface area contributed by atoms with Crippen molar-refractivity contribution < 1.29 is 18.7 Å². The lowest BCUT2D eigenvalue weighted by atomic mass is 9.75. The van der Waals surface area contributed by atoms with Gasteiger partial charge >= 0.3 is 0 Å². The summed E-state index contributed by atoms with van der Waals surface area (Å²) in [5.41, 5.74) is 11.4. The fraction of sp³-hybridized carbons (Fsp3) is 0.688. The predicted molar refractivity (Wildman–Crippen MR) is 86.2 cm³/mol. The summed E-state index contributed by atoms with van der Waals surface area (Å²) in [6.45, 7) is 0. The van der Waals surface area contributed by atoms with E-state index in [4.69, 9.17) is 11.5 Å². The molecule has 1 aromatic heterocycles. The van der Waals surface area contributed by atoms with E-state index in [1.165, 1.54) is 11.3 Å². The lowest BCUT2D eigenvalue weighted by molar-refractivity contribution is -0.128. The molecule has 4 atom stereocenters. The molecule has 1 amide bonds. The van der Waals surface area contributed by atoms with Crippen molar-refractivity contribution >= 4 is 17.2 Å². The van der Waals surface area contributed by atoms with Crippen LogP contribution in [0.4, 0.5) is 8.78 Å². The molecule has 0 spiro atoms. The summed E-state index contributed by atoms with van der Waals surface area (Å²) in [4.78, 5) is 12.8. The zero-order chi connectivity index (χ0) is 17.0. The average Bonchev–Trinajstić information content (AvgIpc) is 2.95. The predicted octanol–water partition coefficient (Wildman–Crippen LogP) is 2.30. The van der Waals surface area contributed by atoms with Crippen LogP contribution in [-0.2, 0) is 11.2 Å². The van der Waals surface area contributed by atoms with Crippen molar-refractivity contribution in [3.8, 4) is 0 Å². The molecule has 7 heteroatoms. The van der Waals surface area contributed by atoms with Crippen LogP contribution in [0.5, 0.6) is 0 Å². The van der Waals surface area contributed by atoms with Gasteiger partial charge in [0.2, 0.25) is 11.8 Å². The smallest absolute Gasteiger partial charge is 0.248 e. The maximum Gasteiger partial charge on any atom is 0.248 e. The standard InChI is InChI=1S/C16H24F2N2O2S/c17-16(18)5-1-3-10(9-16)12(15(20)22)8-14(21)13(19)7-11-4-2-6-23-11/h2,4,6,10,12-14,21H,1,3,5,7-9,19H2,(H2,20,22). The van der Waals surface area contributed by atoms with Crippen molar-refractivity contribution in [1.29, 1.82) is 0 Å². The van der Waals surface area contributed by atoms with Crippen LogP contribution in [-0.4, -0.2) is 29.1 Å². The molecule has 1 aliphatic rings. The van der Waals surface area contributed by atoms with Crippen LogP contribution < -0.4 is 11.5 Å². The summed E-state index contributed by atoms with van der Waals surface area (Å²) in [5, 5.41) is 12.2. The van der Waals surface area contributed by atoms with E-state index in [9.17, 15) is 18.7 Å². The molecule has 23 heavy (non-hydrogen) atoms. The third-order valence-corrected chi connectivity index (χ3v) is 5.52. The molecule has 1 aromatic rings. The Morgan fingerprint density at radius 1 is 1.52 bits per heavy atom. The van der Waals surface area contributed by atoms with Gasteiger partial charge in [0.05, 0.1) is 6.10 Å². The van der Waals surface area contributed by atoms with Crippen molar-refractivity contribution in [3.05, 3.63) is 22.4 Å². The van der Waals surface area contributed by atoms with Gasteiger partial charge < -0.3 is 16.6 Å². The van der Waals surface area contributed by atoms with Crippen molar-refractivity contribution in [2.75, 3.05) is 0 Å². The number of aliphatic hydroxyl groups is 1. The molecular formula is C16H24F2N2O2S. The Hall–Kier alpha value is -1.05. The van der Waals surface area contributed by atoms with Crippen LogP contribution in [0, 0.1) is 11.8 Å². The van der Waals surface area contributed by atoms with Crippen LogP contribution in [0.15, 0.2) is 17.5 Å². The summed E-state index contributed by atoms with van der Waals surface area (Å²) < 4.78 is 27.2. The van der Waals surface area contributed by atoms with Crippen molar-refractivity contribution in [2.24, 2.45) is 23.3 Å². The summed E-state index contributed by atoms with van der Waals surface area (Å²) in [6.07, 6.45) is 0.0242. The monoisotopic (exact) mass is 346 g/mol. The molecule has 0 aromatic carbocycles. The van der Waals surface area contributed by atoms with E-state index in [-0.39, 0.29) is 19.3 Å². The van der Waals surface area contributed by atoms with Gasteiger partial charge in [0.1, 0.15) is 0 Å². The Balaban J connectivity index is 1.96. The molecule has 0 radical (unpaired) electrons. The quantitative estimate of drug-likeness (QED) is 0.708. The molecule has 4 unspecified atom stereocenters. The van der Waals surface area contributed by atoms with Crippen molar-refractivity contribution in [3.63, 3.8) is 0 Å². The van der Waals surface area contributed by atoms with Crippen molar-refractivity contribution in [2.45, 2.75) is 56.6 Å². The molecule has 1 aliphatic carbocycles. The van der Waals surface area contributed by atoms with Gasteiger partial charge in [0.15, 0.2) is 0 Å². The first-order valence-corrected chi connectivity index (χ1v) is 8.79. The number of rotatable bonds is 7. The number of carbonyl (C=O) groups is 1. The van der Waals surface area contributed by atoms with Gasteiger partial charge in [-0.05, 0) is 43.0 Å². The van der Waals surface area contributed by atoms with Gasteiger partial charge in [0.25, 0.3) is 0 Å². The van der Waals surface area contributed by atoms with Gasteiger partial charge in [-0.2, -0.15) is 0 Å². The number of aliphatic hydroxyl groups excluding tert-OH is 1. The number of hydrogen-bond donors (Lipinski definition) is 3. The van der Waals surface area contributed by atoms with Gasteiger partial charge in [-0.25, -0.2) is 8.78 Å². The van der Waals surface area contributed by atoms with Crippen LogP contribution in [0.1, 0.15) is 37.0 Å². The Labute approximate surface area is 138 Å². The lowest BCUT2D eigenvalue weighted by Crippen LogP contribution is -2.43. The summed E-state index contributed by atoms with van der Waals surface area (Å²) >= 11 is 1.54. The van der Waals surface area contributed by atoms with E-state index >= 15 is 0 Å². The Morgan fingerprint density at radius 2 is 2.26 bits per heavy atom. The minimum Gasteiger partial charge on any atom is -0.391 e. The first kappa shape index (κ1) is 18.3. The zero-order valence-corrected chi connectivity index (χ0v) is 13.8. The lowest BCUT2D eigenvalue weighted by Gasteiger charge is -2.34. The number of amides is 1. The largest absolute Gasteiger partial charge is 0.391 e. The van der Waals surface area contributed by atoms with Crippen LogP contribution in [0.2, 0.25) is 0 Å². The van der Waals surface area contributed by atoms with Crippen molar-refractivity contribution in [1.82, 2.24) is 0 Å². The molecule has 0 bridgehead atoms. The van der Waals surface area contributed by atoms with Gasteiger partial charge in [0, 0.05) is 29.7 Å². The van der Waals surface area contributed by atoms with Gasteiger partial charge in [-0.3, -0.25) is 4.79 Å². The minimum absolute atomic E-state index is 0.0443. The number of carbonyl (C=O) groups excluding carboxylic acids is 1. The molecular weight excluding hydrogens is 322 g/mol. The normalized spacial score (nSPS) is 24.8. The van der Waals surface area contributed by atoms with Gasteiger partial charge in [-0.1, -0.05) is 6.07 Å². The molecule has 1 saturated carbocycles. The van der Waals surface area contributed by atoms with E-state index in [1.807, 2.05) is 17.5 Å². The number of alkyl halides is 2. The molecule has 0 saturated heterocycles. The Bertz CT molecular complexity index is 510. The SMILES string of the molecule is NC(=O)C(CC(O)C(N)Cc1cccs1)C1CCCC(F)(F)C1. The summed E-state index contributed by atoms with van der Waals surface area (Å²) in [7, 11) is 0. The van der Waals surface area contributed by atoms with Crippen LogP contribution in [0.25, 0.3) is 0 Å². The number of hydrogen-bond acceptors (Lipinski definition) is 4. The number of primary amides is 1. The third kappa shape index (κ3) is 5.22. The number of thiophene rings is 1. The number of halogens is 2. The molecule has 1 fully saturated rings. The highest BCUT2D eigenvalue weighted by Gasteiger charge is 2.41. The van der Waals surface area contributed by atoms with E-state index in [2.05, 4.69) is 0 Å². The topological polar surface area (TPSA) is 89.3 Å². The Morgan fingerprint density at radius 3 is 2.83 bits per heavy atom. The average molecular weight is 346 g/mol. The zero-order valence-electron chi connectivity index (χ0n) is 13.0.